The van der Waals surface area contributed by atoms with E-state index in [1.54, 1.807) is 0 Å². The van der Waals surface area contributed by atoms with Crippen molar-refractivity contribution < 1.29 is 24.2 Å². The van der Waals surface area contributed by atoms with Gasteiger partial charge in [-0.15, -0.1) is 0 Å². The van der Waals surface area contributed by atoms with Crippen LogP contribution in [0.1, 0.15) is 221 Å². The van der Waals surface area contributed by atoms with Gasteiger partial charge in [0.15, 0.2) is 0 Å². The van der Waals surface area contributed by atoms with Crippen LogP contribution in [0.2, 0.25) is 0 Å². The summed E-state index contributed by atoms with van der Waals surface area (Å²) in [6, 6.07) is 0. The first-order chi connectivity index (χ1) is 24.3. The first kappa shape index (κ1) is 48.9. The molecule has 0 bridgehead atoms. The van der Waals surface area contributed by atoms with Crippen molar-refractivity contribution in [1.29, 1.82) is 0 Å². The second-order valence-electron chi connectivity index (χ2n) is 16.2. The van der Waals surface area contributed by atoms with Crippen molar-refractivity contribution in [2.24, 2.45) is 11.3 Å². The highest BCUT2D eigenvalue weighted by Crippen LogP contribution is 2.26. The number of carbonyl (C=O) groups is 2. The molecule has 50 heavy (non-hydrogen) atoms. The molecule has 0 aliphatic heterocycles. The highest BCUT2D eigenvalue weighted by Gasteiger charge is 2.20. The minimum atomic E-state index is -0.0274. The van der Waals surface area contributed by atoms with Gasteiger partial charge in [0, 0.05) is 26.0 Å². The molecular formula is C44H87NO5. The molecule has 0 fully saturated rings. The summed E-state index contributed by atoms with van der Waals surface area (Å²) < 4.78 is 11.2. The third kappa shape index (κ3) is 34.0. The number of hydrogen-bond donors (Lipinski definition) is 1. The van der Waals surface area contributed by atoms with E-state index >= 15 is 0 Å². The summed E-state index contributed by atoms with van der Waals surface area (Å²) in [5.74, 6) is 0.727. The second kappa shape index (κ2) is 36.2. The first-order valence-corrected chi connectivity index (χ1v) is 21.9. The maximum absolute atomic E-state index is 12.5. The van der Waals surface area contributed by atoms with Crippen LogP contribution in [0, 0.1) is 11.3 Å². The summed E-state index contributed by atoms with van der Waals surface area (Å²) in [6.45, 7) is 15.7. The third-order valence-electron chi connectivity index (χ3n) is 10.4. The van der Waals surface area contributed by atoms with Crippen LogP contribution in [0.4, 0.5) is 0 Å². The molecule has 6 nitrogen and oxygen atoms in total. The van der Waals surface area contributed by atoms with E-state index in [1.807, 2.05) is 0 Å². The Bertz CT molecular complexity index is 732. The van der Waals surface area contributed by atoms with E-state index in [2.05, 4.69) is 39.5 Å². The lowest BCUT2D eigenvalue weighted by molar-refractivity contribution is -0.147. The second-order valence-corrected chi connectivity index (χ2v) is 16.2. The zero-order chi connectivity index (χ0) is 37.0. The van der Waals surface area contributed by atoms with E-state index in [1.165, 1.54) is 122 Å². The molecule has 0 saturated heterocycles. The van der Waals surface area contributed by atoms with Crippen molar-refractivity contribution in [3.8, 4) is 0 Å². The largest absolute Gasteiger partial charge is 0.466 e. The Hall–Kier alpha value is -1.14. The van der Waals surface area contributed by atoms with Gasteiger partial charge in [0.05, 0.1) is 13.2 Å². The lowest BCUT2D eigenvalue weighted by Gasteiger charge is -2.25. The van der Waals surface area contributed by atoms with E-state index in [9.17, 15) is 14.7 Å². The molecule has 0 spiro atoms. The molecular weight excluding hydrogens is 622 g/mol. The molecule has 0 heterocycles. The fourth-order valence-corrected chi connectivity index (χ4v) is 6.95. The van der Waals surface area contributed by atoms with Gasteiger partial charge in [0.1, 0.15) is 0 Å². The zero-order valence-corrected chi connectivity index (χ0v) is 34.4. The maximum Gasteiger partial charge on any atom is 0.305 e. The van der Waals surface area contributed by atoms with E-state index in [4.69, 9.17) is 9.47 Å². The summed E-state index contributed by atoms with van der Waals surface area (Å²) in [6.07, 6.45) is 33.3. The van der Waals surface area contributed by atoms with E-state index in [-0.39, 0.29) is 24.0 Å². The minimum absolute atomic E-state index is 0.0133. The number of ether oxygens (including phenoxy) is 2. The number of aliphatic hydroxyl groups is 1. The Balaban J connectivity index is 4.03. The van der Waals surface area contributed by atoms with Crippen molar-refractivity contribution in [2.75, 3.05) is 39.5 Å². The van der Waals surface area contributed by atoms with Gasteiger partial charge in [0.2, 0.25) is 0 Å². The van der Waals surface area contributed by atoms with Crippen molar-refractivity contribution in [3.63, 3.8) is 0 Å². The van der Waals surface area contributed by atoms with Gasteiger partial charge < -0.3 is 19.5 Å². The average molecular weight is 710 g/mol. The molecule has 0 aromatic carbocycles. The summed E-state index contributed by atoms with van der Waals surface area (Å²) in [7, 11) is 0. The van der Waals surface area contributed by atoms with Gasteiger partial charge in [-0.3, -0.25) is 9.59 Å². The molecule has 0 amide bonds. The monoisotopic (exact) mass is 710 g/mol. The predicted molar refractivity (Wildman–Crippen MR) is 214 cm³/mol. The molecule has 0 aromatic rings. The minimum Gasteiger partial charge on any atom is -0.466 e. The zero-order valence-electron chi connectivity index (χ0n) is 34.4. The van der Waals surface area contributed by atoms with Crippen LogP contribution in [0.15, 0.2) is 0 Å². The van der Waals surface area contributed by atoms with Gasteiger partial charge in [0.25, 0.3) is 0 Å². The molecule has 1 N–H and O–H groups in total. The van der Waals surface area contributed by atoms with Crippen molar-refractivity contribution >= 4 is 11.9 Å². The maximum atomic E-state index is 12.5. The molecule has 298 valence electrons. The van der Waals surface area contributed by atoms with Crippen LogP contribution in [0.5, 0.6) is 0 Å². The summed E-state index contributed by atoms with van der Waals surface area (Å²) in [5, 5.41) is 9.39. The Morgan fingerprint density at radius 3 is 1.62 bits per heavy atom. The first-order valence-electron chi connectivity index (χ1n) is 21.9. The highest BCUT2D eigenvalue weighted by atomic mass is 16.5. The lowest BCUT2D eigenvalue weighted by Crippen LogP contribution is -2.28. The quantitative estimate of drug-likeness (QED) is 0.0506. The number of unbranched alkanes of at least 4 members (excludes halogenated alkanes) is 16. The van der Waals surface area contributed by atoms with Gasteiger partial charge in [-0.05, 0) is 75.8 Å². The highest BCUT2D eigenvalue weighted by molar-refractivity contribution is 5.69. The Kier molecular flexibility index (Phi) is 35.4. The van der Waals surface area contributed by atoms with Crippen LogP contribution < -0.4 is 0 Å². The fourth-order valence-electron chi connectivity index (χ4n) is 6.95. The third-order valence-corrected chi connectivity index (χ3v) is 10.4. The number of nitrogens with zero attached hydrogens (tertiary/aromatic N) is 1. The topological polar surface area (TPSA) is 76.1 Å². The Morgan fingerprint density at radius 1 is 0.540 bits per heavy atom. The fraction of sp³-hybridized carbons (Fsp3) is 0.955. The molecule has 0 rings (SSSR count). The normalized spacial score (nSPS) is 11.9. The summed E-state index contributed by atoms with van der Waals surface area (Å²) in [4.78, 5) is 27.1. The lowest BCUT2D eigenvalue weighted by atomic mass is 9.88. The van der Waals surface area contributed by atoms with E-state index < -0.39 is 0 Å². The summed E-state index contributed by atoms with van der Waals surface area (Å²) in [5.41, 5.74) is 0.0133. The van der Waals surface area contributed by atoms with E-state index in [0.717, 1.165) is 76.9 Å². The molecule has 0 atom stereocenters. The van der Waals surface area contributed by atoms with Crippen molar-refractivity contribution in [3.05, 3.63) is 0 Å². The smallest absolute Gasteiger partial charge is 0.305 e. The summed E-state index contributed by atoms with van der Waals surface area (Å²) >= 11 is 0. The van der Waals surface area contributed by atoms with Gasteiger partial charge in [-0.25, -0.2) is 0 Å². The number of aliphatic hydroxyl groups excluding tert-OH is 1. The van der Waals surface area contributed by atoms with Crippen LogP contribution in [0.3, 0.4) is 0 Å². The van der Waals surface area contributed by atoms with Gasteiger partial charge in [-0.1, -0.05) is 157 Å². The predicted octanol–water partition coefficient (Wildman–Crippen LogP) is 12.4. The van der Waals surface area contributed by atoms with Crippen LogP contribution >= 0.6 is 0 Å². The molecule has 6 heteroatoms. The molecule has 0 aliphatic carbocycles. The molecule has 0 radical (unpaired) electrons. The SMILES string of the molecule is CCCCCCCCCOC(=O)CCCCCCCN(CCCO)CCCCCC(C)(C)COC(=O)CCCC(CCCCC)CCCCC. The number of rotatable bonds is 39. The average Bonchev–Trinajstić information content (AvgIpc) is 3.09. The number of hydrogen-bond acceptors (Lipinski definition) is 6. The van der Waals surface area contributed by atoms with Crippen LogP contribution in [-0.4, -0.2) is 61.4 Å². The molecule has 0 unspecified atom stereocenters. The van der Waals surface area contributed by atoms with Crippen molar-refractivity contribution in [1.82, 2.24) is 4.90 Å². The van der Waals surface area contributed by atoms with E-state index in [0.29, 0.717) is 26.1 Å². The Morgan fingerprint density at radius 2 is 1.00 bits per heavy atom. The Labute approximate surface area is 312 Å². The standard InChI is InChI=1S/C44H87NO5/c1-6-9-12-13-14-18-26-39-49-42(47)32-22-16-15-17-24-35-45(37-28-38-46)36-25-19-23-34-44(4,5)40-50-43(48)33-27-31-41(29-20-10-7-2)30-21-11-8-3/h41,46H,6-40H2,1-5H3. The number of esters is 2. The number of carbonyl (C=O) groups excluding carboxylic acids is 2. The molecule has 0 aliphatic rings. The molecule has 0 saturated carbocycles. The van der Waals surface area contributed by atoms with Crippen LogP contribution in [0.25, 0.3) is 0 Å². The van der Waals surface area contributed by atoms with Gasteiger partial charge >= 0.3 is 11.9 Å². The molecule has 0 aromatic heterocycles. The van der Waals surface area contributed by atoms with Gasteiger partial charge in [-0.2, -0.15) is 0 Å². The van der Waals surface area contributed by atoms with Crippen molar-refractivity contribution in [2.45, 2.75) is 221 Å². The van der Waals surface area contributed by atoms with Crippen LogP contribution in [-0.2, 0) is 19.1 Å².